The lowest BCUT2D eigenvalue weighted by molar-refractivity contribution is -0.688. The largest absolute Gasteiger partial charge is 0.463 e. The molecule has 2 rings (SSSR count). The summed E-state index contributed by atoms with van der Waals surface area (Å²) in [6, 6.07) is 7.95. The monoisotopic (exact) mass is 189 g/mol. The SMILES string of the molecule is c1coc(C[NH2+]Cc2ccncc2)c1. The van der Waals surface area contributed by atoms with Crippen molar-refractivity contribution < 1.29 is 9.73 Å². The third-order valence-electron chi connectivity index (χ3n) is 2.06. The Labute approximate surface area is 82.8 Å². The van der Waals surface area contributed by atoms with Gasteiger partial charge < -0.3 is 9.73 Å². The van der Waals surface area contributed by atoms with Crippen LogP contribution in [-0.4, -0.2) is 4.98 Å². The second kappa shape index (κ2) is 4.58. The van der Waals surface area contributed by atoms with E-state index in [1.54, 1.807) is 6.26 Å². The van der Waals surface area contributed by atoms with Crippen LogP contribution in [-0.2, 0) is 13.1 Å². The average Bonchev–Trinajstić information content (AvgIpc) is 2.72. The summed E-state index contributed by atoms with van der Waals surface area (Å²) in [6.07, 6.45) is 5.34. The lowest BCUT2D eigenvalue weighted by atomic mass is 10.3. The minimum atomic E-state index is 0.884. The molecule has 2 heterocycles. The molecule has 2 aromatic heterocycles. The van der Waals surface area contributed by atoms with E-state index in [-0.39, 0.29) is 0 Å². The number of pyridine rings is 1. The number of hydrogen-bond acceptors (Lipinski definition) is 2. The van der Waals surface area contributed by atoms with Crippen LogP contribution in [0.5, 0.6) is 0 Å². The first kappa shape index (κ1) is 8.97. The number of furan rings is 1. The van der Waals surface area contributed by atoms with Crippen LogP contribution in [0, 0.1) is 0 Å². The Hall–Kier alpha value is -1.61. The van der Waals surface area contributed by atoms with Crippen molar-refractivity contribution in [3.8, 4) is 0 Å². The molecule has 72 valence electrons. The van der Waals surface area contributed by atoms with Gasteiger partial charge in [-0.2, -0.15) is 0 Å². The van der Waals surface area contributed by atoms with Crippen molar-refractivity contribution in [2.45, 2.75) is 13.1 Å². The van der Waals surface area contributed by atoms with Gasteiger partial charge in [-0.05, 0) is 24.3 Å². The Bertz CT molecular complexity index is 356. The molecule has 0 aliphatic carbocycles. The zero-order valence-corrected chi connectivity index (χ0v) is 7.89. The Morgan fingerprint density at radius 1 is 1.14 bits per heavy atom. The van der Waals surface area contributed by atoms with E-state index < -0.39 is 0 Å². The predicted molar refractivity (Wildman–Crippen MR) is 52.3 cm³/mol. The highest BCUT2D eigenvalue weighted by Crippen LogP contribution is 1.96. The van der Waals surface area contributed by atoms with Gasteiger partial charge in [0.05, 0.1) is 6.26 Å². The minimum absolute atomic E-state index is 0.884. The van der Waals surface area contributed by atoms with Gasteiger partial charge in [0, 0.05) is 18.0 Å². The highest BCUT2D eigenvalue weighted by molar-refractivity contribution is 5.07. The predicted octanol–water partition coefficient (Wildman–Crippen LogP) is 0.938. The number of nitrogens with zero attached hydrogens (tertiary/aromatic N) is 1. The summed E-state index contributed by atoms with van der Waals surface area (Å²) in [6.45, 7) is 1.85. The molecule has 0 saturated heterocycles. The van der Waals surface area contributed by atoms with Crippen LogP contribution in [0.3, 0.4) is 0 Å². The first-order valence-electron chi connectivity index (χ1n) is 4.68. The van der Waals surface area contributed by atoms with E-state index in [1.165, 1.54) is 5.56 Å². The summed E-state index contributed by atoms with van der Waals surface area (Å²) in [5, 5.41) is 2.20. The second-order valence-corrected chi connectivity index (χ2v) is 3.13. The van der Waals surface area contributed by atoms with Crippen molar-refractivity contribution in [1.29, 1.82) is 0 Å². The summed E-state index contributed by atoms with van der Waals surface area (Å²) in [7, 11) is 0. The lowest BCUT2D eigenvalue weighted by Crippen LogP contribution is -2.80. The fraction of sp³-hybridized carbons (Fsp3) is 0.182. The molecule has 0 unspecified atom stereocenters. The maximum atomic E-state index is 5.23. The van der Waals surface area contributed by atoms with Gasteiger partial charge in [-0.25, -0.2) is 0 Å². The van der Waals surface area contributed by atoms with Crippen molar-refractivity contribution >= 4 is 0 Å². The Morgan fingerprint density at radius 3 is 2.71 bits per heavy atom. The van der Waals surface area contributed by atoms with Gasteiger partial charge >= 0.3 is 0 Å². The number of quaternary nitrogens is 1. The molecule has 0 aliphatic heterocycles. The van der Waals surface area contributed by atoms with Crippen LogP contribution in [0.15, 0.2) is 47.3 Å². The molecule has 0 spiro atoms. The zero-order chi connectivity index (χ0) is 9.64. The van der Waals surface area contributed by atoms with Gasteiger partial charge in [0.2, 0.25) is 0 Å². The van der Waals surface area contributed by atoms with Gasteiger partial charge in [-0.3, -0.25) is 4.98 Å². The normalized spacial score (nSPS) is 10.3. The molecule has 14 heavy (non-hydrogen) atoms. The molecule has 0 aliphatic rings. The fourth-order valence-electron chi connectivity index (χ4n) is 1.33. The number of rotatable bonds is 4. The summed E-state index contributed by atoms with van der Waals surface area (Å²) in [4.78, 5) is 3.97. The molecule has 2 aromatic rings. The molecule has 3 nitrogen and oxygen atoms in total. The van der Waals surface area contributed by atoms with Gasteiger partial charge in [-0.15, -0.1) is 0 Å². The lowest BCUT2D eigenvalue weighted by Gasteiger charge is -1.98. The topological polar surface area (TPSA) is 42.6 Å². The van der Waals surface area contributed by atoms with Crippen molar-refractivity contribution in [1.82, 2.24) is 4.98 Å². The standard InChI is InChI=1S/C11H12N2O/c1-2-11(14-7-1)9-13-8-10-3-5-12-6-4-10/h1-7,13H,8-9H2/p+1. The van der Waals surface area contributed by atoms with E-state index in [2.05, 4.69) is 10.3 Å². The van der Waals surface area contributed by atoms with Crippen molar-refractivity contribution in [2.75, 3.05) is 0 Å². The molecule has 0 aromatic carbocycles. The van der Waals surface area contributed by atoms with Crippen LogP contribution < -0.4 is 5.32 Å². The molecule has 0 amide bonds. The Morgan fingerprint density at radius 2 is 2.00 bits per heavy atom. The van der Waals surface area contributed by atoms with E-state index in [1.807, 2.05) is 36.7 Å². The average molecular weight is 189 g/mol. The van der Waals surface area contributed by atoms with Crippen molar-refractivity contribution in [3.05, 3.63) is 54.2 Å². The summed E-state index contributed by atoms with van der Waals surface area (Å²) >= 11 is 0. The first-order valence-corrected chi connectivity index (χ1v) is 4.68. The van der Waals surface area contributed by atoms with Gasteiger partial charge in [0.1, 0.15) is 13.1 Å². The van der Waals surface area contributed by atoms with Crippen molar-refractivity contribution in [2.24, 2.45) is 0 Å². The molecule has 0 saturated carbocycles. The van der Waals surface area contributed by atoms with Gasteiger partial charge in [0.25, 0.3) is 0 Å². The maximum absolute atomic E-state index is 5.23. The number of aromatic nitrogens is 1. The quantitative estimate of drug-likeness (QED) is 0.777. The summed E-state index contributed by atoms with van der Waals surface area (Å²) in [5.41, 5.74) is 1.28. The number of nitrogens with two attached hydrogens (primary N) is 1. The molecule has 3 heteroatoms. The molecule has 0 atom stereocenters. The first-order chi connectivity index (χ1) is 6.95. The van der Waals surface area contributed by atoms with E-state index in [4.69, 9.17) is 4.42 Å². The summed E-state index contributed by atoms with van der Waals surface area (Å²) in [5.74, 6) is 1.01. The third-order valence-corrected chi connectivity index (χ3v) is 2.06. The third kappa shape index (κ3) is 2.44. The molecule has 0 radical (unpaired) electrons. The zero-order valence-electron chi connectivity index (χ0n) is 7.89. The number of hydrogen-bond donors (Lipinski definition) is 1. The van der Waals surface area contributed by atoms with Crippen LogP contribution in [0.1, 0.15) is 11.3 Å². The Kier molecular flexibility index (Phi) is 2.93. The summed E-state index contributed by atoms with van der Waals surface area (Å²) < 4.78 is 5.23. The van der Waals surface area contributed by atoms with E-state index in [0.717, 1.165) is 18.8 Å². The maximum Gasteiger partial charge on any atom is 0.157 e. The second-order valence-electron chi connectivity index (χ2n) is 3.13. The van der Waals surface area contributed by atoms with E-state index in [0.29, 0.717) is 0 Å². The van der Waals surface area contributed by atoms with Crippen LogP contribution >= 0.6 is 0 Å². The van der Waals surface area contributed by atoms with Crippen molar-refractivity contribution in [3.63, 3.8) is 0 Å². The van der Waals surface area contributed by atoms with Crippen LogP contribution in [0.25, 0.3) is 0 Å². The fourth-order valence-corrected chi connectivity index (χ4v) is 1.33. The minimum Gasteiger partial charge on any atom is -0.463 e. The Balaban J connectivity index is 1.79. The smallest absolute Gasteiger partial charge is 0.157 e. The van der Waals surface area contributed by atoms with Gasteiger partial charge in [-0.1, -0.05) is 0 Å². The molecule has 0 bridgehead atoms. The van der Waals surface area contributed by atoms with Crippen LogP contribution in [0.2, 0.25) is 0 Å². The molecule has 2 N–H and O–H groups in total. The van der Waals surface area contributed by atoms with Gasteiger partial charge in [0.15, 0.2) is 5.76 Å². The van der Waals surface area contributed by atoms with E-state index >= 15 is 0 Å². The van der Waals surface area contributed by atoms with Crippen LogP contribution in [0.4, 0.5) is 0 Å². The molecular weight excluding hydrogens is 176 g/mol. The molecular formula is C11H13N2O+. The highest BCUT2D eigenvalue weighted by Gasteiger charge is 1.98. The highest BCUT2D eigenvalue weighted by atomic mass is 16.3. The van der Waals surface area contributed by atoms with E-state index in [9.17, 15) is 0 Å². The molecule has 0 fully saturated rings.